The monoisotopic (exact) mass is 478 g/mol. The van der Waals surface area contributed by atoms with Crippen LogP contribution in [0.2, 0.25) is 0 Å². The summed E-state index contributed by atoms with van der Waals surface area (Å²) in [6.07, 6.45) is 4.48. The lowest BCUT2D eigenvalue weighted by Crippen LogP contribution is -2.27. The first kappa shape index (κ1) is 24.2. The molecule has 7 nitrogen and oxygen atoms in total. The maximum atomic E-state index is 13.7. The molecule has 35 heavy (non-hydrogen) atoms. The van der Waals surface area contributed by atoms with Gasteiger partial charge in [-0.1, -0.05) is 25.1 Å². The molecule has 0 amide bonds. The molecule has 0 aliphatic heterocycles. The van der Waals surface area contributed by atoms with Gasteiger partial charge in [0.1, 0.15) is 12.3 Å². The Bertz CT molecular complexity index is 1400. The van der Waals surface area contributed by atoms with E-state index in [9.17, 15) is 18.7 Å². The van der Waals surface area contributed by atoms with Crippen LogP contribution in [0.1, 0.15) is 37.9 Å². The number of nitrogens with zero attached hydrogens (tertiary/aromatic N) is 4. The molecule has 2 aromatic carbocycles. The highest BCUT2D eigenvalue weighted by Crippen LogP contribution is 2.25. The SMILES string of the molecule is CC(c1cccc(-c2ncc(OCC(C)(C)O)cn2)c1)c1nn(-c2ccc(F)c(F)c2)ccc1=O. The zero-order valence-electron chi connectivity index (χ0n) is 19.4. The lowest BCUT2D eigenvalue weighted by molar-refractivity contribution is 0.0282. The first-order valence-electron chi connectivity index (χ1n) is 10.9. The van der Waals surface area contributed by atoms with E-state index in [-0.39, 0.29) is 17.7 Å². The van der Waals surface area contributed by atoms with Gasteiger partial charge in [-0.05, 0) is 37.6 Å². The first-order valence-corrected chi connectivity index (χ1v) is 10.9. The largest absolute Gasteiger partial charge is 0.487 e. The van der Waals surface area contributed by atoms with Crippen LogP contribution < -0.4 is 10.2 Å². The third-order valence-electron chi connectivity index (χ3n) is 5.28. The number of aliphatic hydroxyl groups is 1. The topological polar surface area (TPSA) is 90.1 Å². The molecule has 0 aliphatic rings. The summed E-state index contributed by atoms with van der Waals surface area (Å²) in [5.41, 5.74) is 0.850. The Morgan fingerprint density at radius 2 is 1.80 bits per heavy atom. The Kier molecular flexibility index (Phi) is 6.70. The molecule has 2 aromatic heterocycles. The standard InChI is InChI=1S/C26H24F2N4O3/c1-16(24-23(33)9-10-32(31-24)19-7-8-21(27)22(28)12-19)17-5-4-6-18(11-17)25-29-13-20(14-30-25)35-15-26(2,3)34/h4-14,16,34H,15H2,1-3H3. The van der Waals surface area contributed by atoms with Crippen LogP contribution in [-0.2, 0) is 0 Å². The minimum Gasteiger partial charge on any atom is -0.487 e. The minimum absolute atomic E-state index is 0.106. The lowest BCUT2D eigenvalue weighted by Gasteiger charge is -2.17. The number of aromatic nitrogens is 4. The molecule has 0 aliphatic carbocycles. The summed E-state index contributed by atoms with van der Waals surface area (Å²) < 4.78 is 33.8. The van der Waals surface area contributed by atoms with E-state index in [1.807, 2.05) is 31.2 Å². The van der Waals surface area contributed by atoms with E-state index in [1.165, 1.54) is 35.4 Å². The summed E-state index contributed by atoms with van der Waals surface area (Å²) in [5.74, 6) is -1.45. The van der Waals surface area contributed by atoms with E-state index in [0.717, 1.165) is 23.3 Å². The van der Waals surface area contributed by atoms with Crippen LogP contribution in [0.25, 0.3) is 17.1 Å². The Hall–Kier alpha value is -3.98. The van der Waals surface area contributed by atoms with E-state index >= 15 is 0 Å². The van der Waals surface area contributed by atoms with Crippen molar-refractivity contribution in [3.05, 3.63) is 100 Å². The van der Waals surface area contributed by atoms with E-state index in [0.29, 0.717) is 17.3 Å². The number of rotatable bonds is 7. The molecule has 0 bridgehead atoms. The average molecular weight is 478 g/mol. The summed E-state index contributed by atoms with van der Waals surface area (Å²) >= 11 is 0. The van der Waals surface area contributed by atoms with Gasteiger partial charge in [-0.3, -0.25) is 4.79 Å². The van der Waals surface area contributed by atoms with Gasteiger partial charge >= 0.3 is 0 Å². The van der Waals surface area contributed by atoms with Gasteiger partial charge in [0.05, 0.1) is 23.7 Å². The molecular formula is C26H24F2N4O3. The van der Waals surface area contributed by atoms with Crippen LogP contribution in [0.3, 0.4) is 0 Å². The fraction of sp³-hybridized carbons (Fsp3) is 0.231. The third kappa shape index (κ3) is 5.75. The van der Waals surface area contributed by atoms with Crippen molar-refractivity contribution in [1.29, 1.82) is 0 Å². The smallest absolute Gasteiger partial charge is 0.203 e. The number of halogens is 2. The molecule has 0 radical (unpaired) electrons. The van der Waals surface area contributed by atoms with Gasteiger partial charge in [0, 0.05) is 29.8 Å². The predicted molar refractivity (Wildman–Crippen MR) is 127 cm³/mol. The van der Waals surface area contributed by atoms with Gasteiger partial charge in [-0.2, -0.15) is 5.10 Å². The number of ether oxygens (including phenoxy) is 1. The quantitative estimate of drug-likeness (QED) is 0.427. The van der Waals surface area contributed by atoms with Crippen molar-refractivity contribution in [3.8, 4) is 22.8 Å². The van der Waals surface area contributed by atoms with Gasteiger partial charge in [0.25, 0.3) is 0 Å². The number of benzene rings is 2. The van der Waals surface area contributed by atoms with Crippen LogP contribution in [0.15, 0.2) is 71.9 Å². The van der Waals surface area contributed by atoms with Crippen molar-refractivity contribution < 1.29 is 18.6 Å². The molecule has 4 rings (SSSR count). The maximum absolute atomic E-state index is 13.7. The Balaban J connectivity index is 1.60. The second-order valence-corrected chi connectivity index (χ2v) is 8.80. The summed E-state index contributed by atoms with van der Waals surface area (Å²) in [4.78, 5) is 21.3. The average Bonchev–Trinajstić information content (AvgIpc) is 2.84. The van der Waals surface area contributed by atoms with Crippen molar-refractivity contribution in [1.82, 2.24) is 19.7 Å². The van der Waals surface area contributed by atoms with Gasteiger partial charge in [-0.15, -0.1) is 0 Å². The summed E-state index contributed by atoms with van der Waals surface area (Å²) in [7, 11) is 0. The molecular weight excluding hydrogens is 454 g/mol. The minimum atomic E-state index is -0.998. The highest BCUT2D eigenvalue weighted by Gasteiger charge is 2.17. The Labute approximate surface area is 200 Å². The number of hydrogen-bond acceptors (Lipinski definition) is 6. The molecule has 1 unspecified atom stereocenters. The number of hydrogen-bond donors (Lipinski definition) is 1. The van der Waals surface area contributed by atoms with Crippen LogP contribution in [0.5, 0.6) is 5.75 Å². The molecule has 0 saturated carbocycles. The normalized spacial score (nSPS) is 12.4. The summed E-state index contributed by atoms with van der Waals surface area (Å²) in [6, 6.07) is 12.2. The zero-order valence-corrected chi connectivity index (χ0v) is 19.4. The van der Waals surface area contributed by atoms with Crippen molar-refractivity contribution in [2.45, 2.75) is 32.3 Å². The van der Waals surface area contributed by atoms with Crippen molar-refractivity contribution in [2.24, 2.45) is 0 Å². The highest BCUT2D eigenvalue weighted by molar-refractivity contribution is 5.57. The molecule has 0 spiro atoms. The van der Waals surface area contributed by atoms with E-state index in [1.54, 1.807) is 13.8 Å². The molecule has 1 atom stereocenters. The second kappa shape index (κ2) is 9.71. The fourth-order valence-electron chi connectivity index (χ4n) is 3.40. The van der Waals surface area contributed by atoms with Crippen molar-refractivity contribution >= 4 is 0 Å². The predicted octanol–water partition coefficient (Wildman–Crippen LogP) is 4.27. The van der Waals surface area contributed by atoms with E-state index in [4.69, 9.17) is 4.74 Å². The maximum Gasteiger partial charge on any atom is 0.203 e. The third-order valence-corrected chi connectivity index (χ3v) is 5.28. The van der Waals surface area contributed by atoms with Gasteiger partial charge in [-0.25, -0.2) is 23.4 Å². The second-order valence-electron chi connectivity index (χ2n) is 8.80. The summed E-state index contributed by atoms with van der Waals surface area (Å²) in [6.45, 7) is 5.23. The highest BCUT2D eigenvalue weighted by atomic mass is 19.2. The lowest BCUT2D eigenvalue weighted by atomic mass is 9.95. The fourth-order valence-corrected chi connectivity index (χ4v) is 3.40. The molecule has 4 aromatic rings. The Morgan fingerprint density at radius 3 is 2.49 bits per heavy atom. The zero-order chi connectivity index (χ0) is 25.2. The van der Waals surface area contributed by atoms with Gasteiger partial charge in [0.2, 0.25) is 5.43 Å². The van der Waals surface area contributed by atoms with Crippen LogP contribution >= 0.6 is 0 Å². The molecule has 9 heteroatoms. The van der Waals surface area contributed by atoms with Gasteiger partial charge in [0.15, 0.2) is 23.2 Å². The Morgan fingerprint density at radius 1 is 1.06 bits per heavy atom. The first-order chi connectivity index (χ1) is 16.6. The molecule has 1 N–H and O–H groups in total. The van der Waals surface area contributed by atoms with Crippen molar-refractivity contribution in [2.75, 3.05) is 6.61 Å². The van der Waals surface area contributed by atoms with Crippen LogP contribution in [-0.4, -0.2) is 37.1 Å². The molecule has 0 saturated heterocycles. The van der Waals surface area contributed by atoms with Crippen molar-refractivity contribution in [3.63, 3.8) is 0 Å². The van der Waals surface area contributed by atoms with Crippen LogP contribution in [0.4, 0.5) is 8.78 Å². The van der Waals surface area contributed by atoms with Crippen LogP contribution in [0, 0.1) is 11.6 Å². The van der Waals surface area contributed by atoms with Gasteiger partial charge < -0.3 is 9.84 Å². The molecule has 180 valence electrons. The summed E-state index contributed by atoms with van der Waals surface area (Å²) in [5, 5.41) is 14.2. The molecule has 2 heterocycles. The van der Waals surface area contributed by atoms with E-state index in [2.05, 4.69) is 15.1 Å². The molecule has 0 fully saturated rings. The van der Waals surface area contributed by atoms with E-state index < -0.39 is 23.2 Å².